The number of hydrogen-bond acceptors (Lipinski definition) is 4. The fraction of sp³-hybridized carbons (Fsp3) is 0.533. The van der Waals surface area contributed by atoms with Crippen molar-refractivity contribution in [1.29, 1.82) is 0 Å². The number of fused-ring (bicyclic) bond motifs is 1. The van der Waals surface area contributed by atoms with E-state index < -0.39 is 0 Å². The number of nitrogens with zero attached hydrogens (tertiary/aromatic N) is 1. The van der Waals surface area contributed by atoms with Crippen LogP contribution in [0.3, 0.4) is 0 Å². The molecule has 2 heterocycles. The predicted octanol–water partition coefficient (Wildman–Crippen LogP) is 1.51. The maximum Gasteiger partial charge on any atom is 0.246 e. The van der Waals surface area contributed by atoms with E-state index in [0.717, 1.165) is 43.0 Å². The third-order valence-corrected chi connectivity index (χ3v) is 4.30. The van der Waals surface area contributed by atoms with Crippen LogP contribution in [0.15, 0.2) is 18.2 Å². The van der Waals surface area contributed by atoms with E-state index in [-0.39, 0.29) is 11.9 Å². The summed E-state index contributed by atoms with van der Waals surface area (Å²) in [6.07, 6.45) is 2.11. The summed E-state index contributed by atoms with van der Waals surface area (Å²) in [6.45, 7) is 1.66. The second kappa shape index (κ2) is 5.42. The van der Waals surface area contributed by atoms with Gasteiger partial charge in [0.25, 0.3) is 0 Å². The van der Waals surface area contributed by atoms with Crippen LogP contribution in [-0.4, -0.2) is 39.3 Å². The van der Waals surface area contributed by atoms with Crippen LogP contribution in [0, 0.1) is 0 Å². The molecular formula is C15H21N3O2. The van der Waals surface area contributed by atoms with Gasteiger partial charge in [0.15, 0.2) is 0 Å². The standard InChI is InChI=1S/C15H21N3O2/c1-16-14-12-4-3-11(9-13(12)17-15(14)19)18(2)10-5-7-20-8-6-10/h3-4,9-10,14,16H,5-8H2,1-2H3,(H,17,19). The van der Waals surface area contributed by atoms with Gasteiger partial charge in [0.2, 0.25) is 5.91 Å². The van der Waals surface area contributed by atoms with Crippen molar-refractivity contribution in [3.05, 3.63) is 23.8 Å². The summed E-state index contributed by atoms with van der Waals surface area (Å²) < 4.78 is 5.41. The Hall–Kier alpha value is -1.59. The molecular weight excluding hydrogens is 254 g/mol. The fourth-order valence-corrected chi connectivity index (χ4v) is 3.04. The second-order valence-electron chi connectivity index (χ2n) is 5.44. The molecule has 0 saturated carbocycles. The minimum Gasteiger partial charge on any atom is -0.381 e. The Morgan fingerprint density at radius 2 is 2.10 bits per heavy atom. The van der Waals surface area contributed by atoms with Gasteiger partial charge in [-0.25, -0.2) is 0 Å². The quantitative estimate of drug-likeness (QED) is 0.878. The lowest BCUT2D eigenvalue weighted by atomic mass is 10.0. The first-order chi connectivity index (χ1) is 9.70. The molecule has 5 nitrogen and oxygen atoms in total. The van der Waals surface area contributed by atoms with Gasteiger partial charge < -0.3 is 20.3 Å². The highest BCUT2D eigenvalue weighted by atomic mass is 16.5. The minimum absolute atomic E-state index is 0.0216. The Morgan fingerprint density at radius 3 is 2.80 bits per heavy atom. The van der Waals surface area contributed by atoms with Crippen LogP contribution < -0.4 is 15.5 Å². The Bertz CT molecular complexity index is 512. The van der Waals surface area contributed by atoms with E-state index in [2.05, 4.69) is 34.7 Å². The van der Waals surface area contributed by atoms with Gasteiger partial charge in [0.05, 0.1) is 0 Å². The van der Waals surface area contributed by atoms with Gasteiger partial charge in [-0.2, -0.15) is 0 Å². The lowest BCUT2D eigenvalue weighted by molar-refractivity contribution is -0.117. The van der Waals surface area contributed by atoms with E-state index in [4.69, 9.17) is 4.74 Å². The molecule has 1 atom stereocenters. The Kier molecular flexibility index (Phi) is 3.63. The molecule has 0 aromatic heterocycles. The van der Waals surface area contributed by atoms with Gasteiger partial charge >= 0.3 is 0 Å². The molecule has 0 aliphatic carbocycles. The molecule has 5 heteroatoms. The first kappa shape index (κ1) is 13.4. The number of likely N-dealkylation sites (N-methyl/N-ethyl adjacent to an activating group) is 1. The molecule has 1 amide bonds. The summed E-state index contributed by atoms with van der Waals surface area (Å²) in [7, 11) is 3.92. The number of benzene rings is 1. The zero-order valence-corrected chi connectivity index (χ0v) is 12.0. The van der Waals surface area contributed by atoms with E-state index in [9.17, 15) is 4.79 Å². The first-order valence-corrected chi connectivity index (χ1v) is 7.13. The lowest BCUT2D eigenvalue weighted by Gasteiger charge is -2.33. The molecule has 1 unspecified atom stereocenters. The van der Waals surface area contributed by atoms with Crippen molar-refractivity contribution >= 4 is 17.3 Å². The zero-order valence-electron chi connectivity index (χ0n) is 12.0. The van der Waals surface area contributed by atoms with Crippen LogP contribution in [0.2, 0.25) is 0 Å². The maximum absolute atomic E-state index is 11.8. The number of carbonyl (C=O) groups is 1. The average molecular weight is 275 g/mol. The normalized spacial score (nSPS) is 22.5. The Balaban J connectivity index is 1.82. The third-order valence-electron chi connectivity index (χ3n) is 4.30. The van der Waals surface area contributed by atoms with Crippen molar-refractivity contribution in [3.8, 4) is 0 Å². The van der Waals surface area contributed by atoms with Crippen molar-refractivity contribution < 1.29 is 9.53 Å². The van der Waals surface area contributed by atoms with E-state index in [1.807, 2.05) is 6.07 Å². The molecule has 1 aromatic carbocycles. The molecule has 108 valence electrons. The fourth-order valence-electron chi connectivity index (χ4n) is 3.04. The average Bonchev–Trinajstić information content (AvgIpc) is 2.81. The number of nitrogens with one attached hydrogen (secondary N) is 2. The van der Waals surface area contributed by atoms with Crippen molar-refractivity contribution in [2.24, 2.45) is 0 Å². The molecule has 0 spiro atoms. The molecule has 1 saturated heterocycles. The highest BCUT2D eigenvalue weighted by Crippen LogP contribution is 2.34. The van der Waals surface area contributed by atoms with Crippen molar-refractivity contribution in [1.82, 2.24) is 5.32 Å². The maximum atomic E-state index is 11.8. The molecule has 3 rings (SSSR count). The topological polar surface area (TPSA) is 53.6 Å². The van der Waals surface area contributed by atoms with Crippen LogP contribution in [0.1, 0.15) is 24.4 Å². The summed E-state index contributed by atoms with van der Waals surface area (Å²) in [4.78, 5) is 14.1. The van der Waals surface area contributed by atoms with Crippen LogP contribution >= 0.6 is 0 Å². The van der Waals surface area contributed by atoms with Gasteiger partial charge in [-0.1, -0.05) is 6.07 Å². The van der Waals surface area contributed by atoms with Gasteiger partial charge in [-0.05, 0) is 32.0 Å². The highest BCUT2D eigenvalue weighted by Gasteiger charge is 2.29. The molecule has 20 heavy (non-hydrogen) atoms. The smallest absolute Gasteiger partial charge is 0.246 e. The number of hydrogen-bond donors (Lipinski definition) is 2. The highest BCUT2D eigenvalue weighted by molar-refractivity contribution is 6.03. The van der Waals surface area contributed by atoms with E-state index >= 15 is 0 Å². The molecule has 1 aromatic rings. The summed E-state index contributed by atoms with van der Waals surface area (Å²) in [5, 5.41) is 5.98. The molecule has 0 bridgehead atoms. The Labute approximate surface area is 119 Å². The van der Waals surface area contributed by atoms with Gasteiger partial charge in [-0.15, -0.1) is 0 Å². The number of ether oxygens (including phenoxy) is 1. The number of anilines is 2. The predicted molar refractivity (Wildman–Crippen MR) is 79.1 cm³/mol. The number of amides is 1. The Morgan fingerprint density at radius 1 is 1.35 bits per heavy atom. The van der Waals surface area contributed by atoms with E-state index in [1.165, 1.54) is 0 Å². The summed E-state index contributed by atoms with van der Waals surface area (Å²) in [5.74, 6) is 0.0216. The van der Waals surface area contributed by atoms with Crippen LogP contribution in [0.5, 0.6) is 0 Å². The number of carbonyl (C=O) groups excluding carboxylic acids is 1. The largest absolute Gasteiger partial charge is 0.381 e. The van der Waals surface area contributed by atoms with E-state index in [1.54, 1.807) is 7.05 Å². The first-order valence-electron chi connectivity index (χ1n) is 7.13. The third kappa shape index (κ3) is 2.27. The summed E-state index contributed by atoms with van der Waals surface area (Å²) >= 11 is 0. The van der Waals surface area contributed by atoms with Crippen LogP contribution in [0.25, 0.3) is 0 Å². The lowest BCUT2D eigenvalue weighted by Crippen LogP contribution is -2.36. The summed E-state index contributed by atoms with van der Waals surface area (Å²) in [6, 6.07) is 6.49. The minimum atomic E-state index is -0.229. The summed E-state index contributed by atoms with van der Waals surface area (Å²) in [5.41, 5.74) is 3.10. The SMILES string of the molecule is CNC1C(=O)Nc2cc(N(C)C3CCOCC3)ccc21. The molecule has 1 fully saturated rings. The van der Waals surface area contributed by atoms with E-state index in [0.29, 0.717) is 6.04 Å². The van der Waals surface area contributed by atoms with Crippen LogP contribution in [0.4, 0.5) is 11.4 Å². The van der Waals surface area contributed by atoms with Gasteiger partial charge in [0.1, 0.15) is 6.04 Å². The second-order valence-corrected chi connectivity index (χ2v) is 5.44. The molecule has 2 aliphatic rings. The number of rotatable bonds is 3. The zero-order chi connectivity index (χ0) is 14.1. The molecule has 2 aliphatic heterocycles. The van der Waals surface area contributed by atoms with Gasteiger partial charge in [-0.3, -0.25) is 4.79 Å². The van der Waals surface area contributed by atoms with Gasteiger partial charge in [0, 0.05) is 43.2 Å². The van der Waals surface area contributed by atoms with Crippen molar-refractivity contribution in [2.75, 3.05) is 37.5 Å². The monoisotopic (exact) mass is 275 g/mol. The van der Waals surface area contributed by atoms with Crippen molar-refractivity contribution in [2.45, 2.75) is 24.9 Å². The molecule has 2 N–H and O–H groups in total. The van der Waals surface area contributed by atoms with Crippen LogP contribution in [-0.2, 0) is 9.53 Å². The molecule has 0 radical (unpaired) electrons. The van der Waals surface area contributed by atoms with Crippen molar-refractivity contribution in [3.63, 3.8) is 0 Å².